The molecule has 35 heavy (non-hydrogen) atoms. The molecule has 10 nitrogen and oxygen atoms in total. The van der Waals surface area contributed by atoms with Crippen molar-refractivity contribution in [3.8, 4) is 11.3 Å². The summed E-state index contributed by atoms with van der Waals surface area (Å²) in [5.41, 5.74) is 0.0485. The Balaban J connectivity index is 1.83. The minimum absolute atomic E-state index is 0.0793. The van der Waals surface area contributed by atoms with E-state index in [2.05, 4.69) is 5.10 Å². The topological polar surface area (TPSA) is 115 Å². The summed E-state index contributed by atoms with van der Waals surface area (Å²) in [4.78, 5) is 24.6. The van der Waals surface area contributed by atoms with Gasteiger partial charge >= 0.3 is 13.1 Å². The third-order valence-corrected chi connectivity index (χ3v) is 7.20. The molecule has 0 bridgehead atoms. The molecule has 2 aliphatic heterocycles. The Morgan fingerprint density at radius 3 is 2.57 bits per heavy atom. The van der Waals surface area contributed by atoms with Crippen molar-refractivity contribution < 1.29 is 28.5 Å². The number of carbonyl (C=O) groups is 1. The summed E-state index contributed by atoms with van der Waals surface area (Å²) < 4.78 is 24.7. The molecule has 4 rings (SSSR count). The molecule has 2 aromatic rings. The second kappa shape index (κ2) is 9.36. The first-order chi connectivity index (χ1) is 16.5. The van der Waals surface area contributed by atoms with Crippen LogP contribution in [0.15, 0.2) is 24.4 Å². The van der Waals surface area contributed by atoms with Crippen LogP contribution in [0.25, 0.3) is 11.3 Å². The van der Waals surface area contributed by atoms with E-state index in [1.165, 1.54) is 12.3 Å². The highest BCUT2D eigenvalue weighted by atomic mass is 16.7. The summed E-state index contributed by atoms with van der Waals surface area (Å²) in [5.74, 6) is -0.460. The molecule has 2 unspecified atom stereocenters. The summed E-state index contributed by atoms with van der Waals surface area (Å²) in [6.07, 6.45) is 2.11. The van der Waals surface area contributed by atoms with Gasteiger partial charge in [-0.3, -0.25) is 14.8 Å². The highest BCUT2D eigenvalue weighted by molar-refractivity contribution is 6.62. The first-order valence-electron chi connectivity index (χ1n) is 11.9. The maximum Gasteiger partial charge on any atom is 0.495 e. The standard InChI is InChI=1S/C24H32BN3O7/c1-7-33-22(29)18-13-26-27(19-10-11-32-14-15(19)2)21(18)17-9-8-16(12-20(17)28(30)31)25-34-23(3,4)24(5,6)35-25/h8-9,12-13,15,19H,7,10-11,14H2,1-6H3. The van der Waals surface area contributed by atoms with E-state index in [4.69, 9.17) is 18.8 Å². The van der Waals surface area contributed by atoms with Gasteiger partial charge in [0.1, 0.15) is 5.56 Å². The van der Waals surface area contributed by atoms with Crippen molar-refractivity contribution in [1.82, 2.24) is 9.78 Å². The number of nitro benzene ring substituents is 1. The van der Waals surface area contributed by atoms with Crippen LogP contribution < -0.4 is 5.46 Å². The van der Waals surface area contributed by atoms with Crippen molar-refractivity contribution in [1.29, 1.82) is 0 Å². The van der Waals surface area contributed by atoms with Gasteiger partial charge in [-0.2, -0.15) is 5.10 Å². The number of rotatable bonds is 6. The van der Waals surface area contributed by atoms with Crippen LogP contribution in [0.2, 0.25) is 0 Å². The molecule has 0 aliphatic carbocycles. The van der Waals surface area contributed by atoms with Crippen LogP contribution in [0.1, 0.15) is 64.4 Å². The summed E-state index contributed by atoms with van der Waals surface area (Å²) >= 11 is 0. The number of carbonyl (C=O) groups excluding carboxylic acids is 1. The fourth-order valence-corrected chi connectivity index (χ4v) is 4.50. The zero-order valence-electron chi connectivity index (χ0n) is 21.1. The average Bonchev–Trinajstić information content (AvgIpc) is 3.31. The Kier molecular flexibility index (Phi) is 6.78. The van der Waals surface area contributed by atoms with Crippen LogP contribution in [-0.4, -0.2) is 58.8 Å². The lowest BCUT2D eigenvalue weighted by Gasteiger charge is -2.32. The van der Waals surface area contributed by atoms with E-state index in [-0.39, 0.29) is 35.4 Å². The van der Waals surface area contributed by atoms with E-state index in [9.17, 15) is 14.9 Å². The van der Waals surface area contributed by atoms with Gasteiger partial charge in [0.15, 0.2) is 0 Å². The molecule has 2 atom stereocenters. The summed E-state index contributed by atoms with van der Waals surface area (Å²) in [6.45, 7) is 12.7. The Morgan fingerprint density at radius 2 is 1.97 bits per heavy atom. The van der Waals surface area contributed by atoms with E-state index in [1.54, 1.807) is 23.7 Å². The van der Waals surface area contributed by atoms with Gasteiger partial charge in [-0.25, -0.2) is 4.79 Å². The van der Waals surface area contributed by atoms with Crippen LogP contribution in [-0.2, 0) is 18.8 Å². The number of aromatic nitrogens is 2. The number of hydrogen-bond acceptors (Lipinski definition) is 8. The van der Waals surface area contributed by atoms with E-state index >= 15 is 0 Å². The Bertz CT molecular complexity index is 1110. The van der Waals surface area contributed by atoms with Crippen molar-refractivity contribution in [3.63, 3.8) is 0 Å². The molecule has 188 valence electrons. The van der Waals surface area contributed by atoms with Gasteiger partial charge in [0.2, 0.25) is 0 Å². The Morgan fingerprint density at radius 1 is 1.29 bits per heavy atom. The Hall–Kier alpha value is -2.76. The normalized spacial score (nSPS) is 23.3. The summed E-state index contributed by atoms with van der Waals surface area (Å²) in [6, 6.07) is 4.75. The second-order valence-corrected chi connectivity index (χ2v) is 10.1. The first kappa shape index (κ1) is 25.3. The van der Waals surface area contributed by atoms with Crippen molar-refractivity contribution in [2.45, 2.75) is 65.2 Å². The molecule has 0 radical (unpaired) electrons. The molecule has 0 saturated carbocycles. The predicted molar refractivity (Wildman–Crippen MR) is 130 cm³/mol. The first-order valence-corrected chi connectivity index (χ1v) is 11.9. The number of benzene rings is 1. The zero-order valence-corrected chi connectivity index (χ0v) is 21.1. The molecule has 0 spiro atoms. The van der Waals surface area contributed by atoms with Crippen LogP contribution in [0.5, 0.6) is 0 Å². The maximum atomic E-state index is 12.8. The quantitative estimate of drug-likeness (QED) is 0.264. The fourth-order valence-electron chi connectivity index (χ4n) is 4.50. The van der Waals surface area contributed by atoms with Crippen LogP contribution in [0, 0.1) is 16.0 Å². The average molecular weight is 485 g/mol. The van der Waals surface area contributed by atoms with Crippen molar-refractivity contribution in [2.24, 2.45) is 5.92 Å². The van der Waals surface area contributed by atoms with Gasteiger partial charge < -0.3 is 18.8 Å². The fraction of sp³-hybridized carbons (Fsp3) is 0.583. The van der Waals surface area contributed by atoms with Crippen molar-refractivity contribution in [3.05, 3.63) is 40.1 Å². The molecule has 2 fully saturated rings. The van der Waals surface area contributed by atoms with Gasteiger partial charge in [0, 0.05) is 18.6 Å². The van der Waals surface area contributed by atoms with Crippen molar-refractivity contribution >= 4 is 24.2 Å². The minimum Gasteiger partial charge on any atom is -0.462 e. The lowest BCUT2D eigenvalue weighted by molar-refractivity contribution is -0.384. The number of nitrogens with zero attached hydrogens (tertiary/aromatic N) is 3. The smallest absolute Gasteiger partial charge is 0.462 e. The minimum atomic E-state index is -0.752. The highest BCUT2D eigenvalue weighted by Gasteiger charge is 2.52. The molecular weight excluding hydrogens is 453 g/mol. The largest absolute Gasteiger partial charge is 0.495 e. The molecule has 0 N–H and O–H groups in total. The third kappa shape index (κ3) is 4.60. The molecule has 0 amide bonds. The SMILES string of the molecule is CCOC(=O)c1cnn(C2CCOCC2C)c1-c1ccc(B2OC(C)(C)C(C)(C)O2)cc1[N+](=O)[O-]. The summed E-state index contributed by atoms with van der Waals surface area (Å²) in [5, 5.41) is 16.8. The van der Waals surface area contributed by atoms with Gasteiger partial charge in [0.25, 0.3) is 5.69 Å². The highest BCUT2D eigenvalue weighted by Crippen LogP contribution is 2.39. The Labute approximate surface area is 205 Å². The molecule has 2 saturated heterocycles. The van der Waals surface area contributed by atoms with E-state index in [0.717, 1.165) is 0 Å². The van der Waals surface area contributed by atoms with Crippen LogP contribution >= 0.6 is 0 Å². The molecule has 3 heterocycles. The van der Waals surface area contributed by atoms with Crippen molar-refractivity contribution in [2.75, 3.05) is 19.8 Å². The maximum absolute atomic E-state index is 12.8. The lowest BCUT2D eigenvalue weighted by Crippen LogP contribution is -2.41. The molecule has 2 aliphatic rings. The van der Waals surface area contributed by atoms with Gasteiger partial charge in [-0.05, 0) is 52.6 Å². The molecular formula is C24H32BN3O7. The van der Waals surface area contributed by atoms with E-state index < -0.39 is 29.2 Å². The number of hydrogen-bond donors (Lipinski definition) is 0. The lowest BCUT2D eigenvalue weighted by atomic mass is 9.78. The van der Waals surface area contributed by atoms with E-state index in [1.807, 2.05) is 34.6 Å². The third-order valence-electron chi connectivity index (χ3n) is 7.20. The van der Waals surface area contributed by atoms with Gasteiger partial charge in [-0.15, -0.1) is 0 Å². The van der Waals surface area contributed by atoms with Gasteiger partial charge in [-0.1, -0.05) is 13.0 Å². The van der Waals surface area contributed by atoms with Crippen LogP contribution in [0.4, 0.5) is 5.69 Å². The van der Waals surface area contributed by atoms with E-state index in [0.29, 0.717) is 30.8 Å². The number of ether oxygens (including phenoxy) is 2. The molecule has 1 aromatic carbocycles. The molecule has 11 heteroatoms. The summed E-state index contributed by atoms with van der Waals surface area (Å²) in [7, 11) is -0.752. The number of nitro groups is 1. The monoisotopic (exact) mass is 485 g/mol. The zero-order chi connectivity index (χ0) is 25.5. The predicted octanol–water partition coefficient (Wildman–Crippen LogP) is 3.53. The van der Waals surface area contributed by atoms with Crippen LogP contribution in [0.3, 0.4) is 0 Å². The molecule has 1 aromatic heterocycles. The van der Waals surface area contributed by atoms with Gasteiger partial charge in [0.05, 0.1) is 52.8 Å². The number of esters is 1. The second-order valence-electron chi connectivity index (χ2n) is 10.1.